The smallest absolute Gasteiger partial charge is 0.323 e. The van der Waals surface area contributed by atoms with Crippen molar-refractivity contribution in [1.29, 1.82) is 0 Å². The average Bonchev–Trinajstić information content (AvgIpc) is 2.03. The van der Waals surface area contributed by atoms with Crippen molar-refractivity contribution in [2.45, 2.75) is 26.8 Å². The molecule has 0 fully saturated rings. The van der Waals surface area contributed by atoms with Gasteiger partial charge < -0.3 is 15.6 Å². The van der Waals surface area contributed by atoms with E-state index in [4.69, 9.17) is 15.6 Å². The maximum Gasteiger partial charge on any atom is 0.323 e. The van der Waals surface area contributed by atoms with E-state index in [-0.39, 0.29) is 6.61 Å². The Kier molecular flexibility index (Phi) is 4.20. The Bertz CT molecular complexity index is 156. The number of aliphatic hydroxyl groups excluding tert-OH is 1. The van der Waals surface area contributed by atoms with Crippen LogP contribution in [0, 0.1) is 5.41 Å². The highest BCUT2D eigenvalue weighted by Crippen LogP contribution is 2.18. The SMILES string of the molecule is CCOC(=O)C(N)C(C)(C)CO. The molecular formula is C8H17NO3. The first-order valence-electron chi connectivity index (χ1n) is 3.98. The van der Waals surface area contributed by atoms with Crippen LogP contribution in [0.3, 0.4) is 0 Å². The van der Waals surface area contributed by atoms with Gasteiger partial charge in [-0.05, 0) is 6.92 Å². The van der Waals surface area contributed by atoms with E-state index >= 15 is 0 Å². The summed E-state index contributed by atoms with van der Waals surface area (Å²) in [5, 5.41) is 8.89. The van der Waals surface area contributed by atoms with E-state index in [0.717, 1.165) is 0 Å². The summed E-state index contributed by atoms with van der Waals surface area (Å²) in [5.74, 6) is -0.462. The lowest BCUT2D eigenvalue weighted by Crippen LogP contribution is -2.46. The molecular weight excluding hydrogens is 158 g/mol. The topological polar surface area (TPSA) is 72.5 Å². The Morgan fingerprint density at radius 2 is 2.17 bits per heavy atom. The van der Waals surface area contributed by atoms with Gasteiger partial charge in [-0.15, -0.1) is 0 Å². The number of rotatable bonds is 4. The van der Waals surface area contributed by atoms with E-state index in [9.17, 15) is 4.79 Å². The summed E-state index contributed by atoms with van der Waals surface area (Å²) in [6, 6.07) is -0.762. The zero-order valence-electron chi connectivity index (χ0n) is 7.83. The normalized spacial score (nSPS) is 14.1. The zero-order valence-corrected chi connectivity index (χ0v) is 7.83. The van der Waals surface area contributed by atoms with Gasteiger partial charge in [0.15, 0.2) is 0 Å². The quantitative estimate of drug-likeness (QED) is 0.585. The third-order valence-corrected chi connectivity index (χ3v) is 1.79. The number of aliphatic hydroxyl groups is 1. The average molecular weight is 175 g/mol. The van der Waals surface area contributed by atoms with Crippen LogP contribution in [0.5, 0.6) is 0 Å². The van der Waals surface area contributed by atoms with E-state index < -0.39 is 17.4 Å². The molecule has 0 radical (unpaired) electrons. The fourth-order valence-electron chi connectivity index (χ4n) is 0.649. The Balaban J connectivity index is 4.17. The Morgan fingerprint density at radius 1 is 1.67 bits per heavy atom. The maximum atomic E-state index is 11.1. The van der Waals surface area contributed by atoms with E-state index in [2.05, 4.69) is 0 Å². The van der Waals surface area contributed by atoms with Gasteiger partial charge in [0.1, 0.15) is 6.04 Å². The first-order valence-corrected chi connectivity index (χ1v) is 3.98. The lowest BCUT2D eigenvalue weighted by atomic mass is 9.86. The third-order valence-electron chi connectivity index (χ3n) is 1.79. The van der Waals surface area contributed by atoms with Crippen LogP contribution in [0.4, 0.5) is 0 Å². The van der Waals surface area contributed by atoms with Crippen LogP contribution in [0.2, 0.25) is 0 Å². The molecule has 0 saturated heterocycles. The second-order valence-electron chi connectivity index (χ2n) is 3.38. The molecule has 0 aliphatic carbocycles. The molecule has 0 spiro atoms. The molecule has 72 valence electrons. The predicted octanol–water partition coefficient (Wildman–Crippen LogP) is -0.105. The number of carbonyl (C=O) groups is 1. The lowest BCUT2D eigenvalue weighted by Gasteiger charge is -2.27. The van der Waals surface area contributed by atoms with Crippen LogP contribution < -0.4 is 5.73 Å². The number of carbonyl (C=O) groups excluding carboxylic acids is 1. The number of nitrogens with two attached hydrogens (primary N) is 1. The summed E-state index contributed by atoms with van der Waals surface area (Å²) in [6.07, 6.45) is 0. The standard InChI is InChI=1S/C8H17NO3/c1-4-12-7(11)6(9)8(2,3)5-10/h6,10H,4-5,9H2,1-3H3. The third kappa shape index (κ3) is 2.79. The molecule has 0 bridgehead atoms. The molecule has 0 heterocycles. The number of hydrogen-bond acceptors (Lipinski definition) is 4. The van der Waals surface area contributed by atoms with Gasteiger partial charge in [0.25, 0.3) is 0 Å². The molecule has 1 unspecified atom stereocenters. The minimum atomic E-state index is -0.762. The van der Waals surface area contributed by atoms with Crippen molar-refractivity contribution in [3.63, 3.8) is 0 Å². The minimum absolute atomic E-state index is 0.132. The molecule has 12 heavy (non-hydrogen) atoms. The number of esters is 1. The predicted molar refractivity (Wildman–Crippen MR) is 45.5 cm³/mol. The second-order valence-corrected chi connectivity index (χ2v) is 3.38. The molecule has 0 aromatic rings. The van der Waals surface area contributed by atoms with E-state index in [0.29, 0.717) is 6.61 Å². The van der Waals surface area contributed by atoms with Gasteiger partial charge in [-0.1, -0.05) is 13.8 Å². The van der Waals surface area contributed by atoms with Gasteiger partial charge in [-0.3, -0.25) is 4.79 Å². The van der Waals surface area contributed by atoms with Gasteiger partial charge in [0, 0.05) is 5.41 Å². The molecule has 0 saturated carbocycles. The highest BCUT2D eigenvalue weighted by atomic mass is 16.5. The number of hydrogen-bond donors (Lipinski definition) is 2. The molecule has 0 aliphatic heterocycles. The van der Waals surface area contributed by atoms with Crippen molar-refractivity contribution in [2.75, 3.05) is 13.2 Å². The summed E-state index contributed by atoms with van der Waals surface area (Å²) >= 11 is 0. The first kappa shape index (κ1) is 11.4. The van der Waals surface area contributed by atoms with Crippen LogP contribution in [-0.4, -0.2) is 30.3 Å². The van der Waals surface area contributed by atoms with E-state index in [1.807, 2.05) is 0 Å². The molecule has 0 rings (SSSR count). The van der Waals surface area contributed by atoms with Crippen molar-refractivity contribution < 1.29 is 14.6 Å². The largest absolute Gasteiger partial charge is 0.465 e. The highest BCUT2D eigenvalue weighted by Gasteiger charge is 2.32. The zero-order chi connectivity index (χ0) is 9.78. The van der Waals surface area contributed by atoms with Gasteiger partial charge in [0.05, 0.1) is 13.2 Å². The summed E-state index contributed by atoms with van der Waals surface area (Å²) < 4.78 is 4.72. The van der Waals surface area contributed by atoms with E-state index in [1.54, 1.807) is 20.8 Å². The van der Waals surface area contributed by atoms with Gasteiger partial charge in [-0.25, -0.2) is 0 Å². The van der Waals surface area contributed by atoms with Crippen LogP contribution >= 0.6 is 0 Å². The van der Waals surface area contributed by atoms with Crippen molar-refractivity contribution in [1.82, 2.24) is 0 Å². The maximum absolute atomic E-state index is 11.1. The Labute approximate surface area is 72.7 Å². The molecule has 0 amide bonds. The summed E-state index contributed by atoms with van der Waals surface area (Å²) in [6.45, 7) is 5.33. The fraction of sp³-hybridized carbons (Fsp3) is 0.875. The van der Waals surface area contributed by atoms with Gasteiger partial charge in [0.2, 0.25) is 0 Å². The molecule has 3 N–H and O–H groups in total. The van der Waals surface area contributed by atoms with Gasteiger partial charge >= 0.3 is 5.97 Å². The molecule has 0 aromatic carbocycles. The lowest BCUT2D eigenvalue weighted by molar-refractivity contribution is -0.148. The summed E-state index contributed by atoms with van der Waals surface area (Å²) in [5.41, 5.74) is 4.94. The summed E-state index contributed by atoms with van der Waals surface area (Å²) in [4.78, 5) is 11.1. The van der Waals surface area contributed by atoms with Crippen LogP contribution in [0.15, 0.2) is 0 Å². The Morgan fingerprint density at radius 3 is 2.50 bits per heavy atom. The fourth-order valence-corrected chi connectivity index (χ4v) is 0.649. The summed E-state index contributed by atoms with van der Waals surface area (Å²) in [7, 11) is 0. The Hall–Kier alpha value is -0.610. The molecule has 1 atom stereocenters. The van der Waals surface area contributed by atoms with Crippen molar-refractivity contribution in [3.8, 4) is 0 Å². The van der Waals surface area contributed by atoms with Gasteiger partial charge in [-0.2, -0.15) is 0 Å². The van der Waals surface area contributed by atoms with Crippen molar-refractivity contribution >= 4 is 5.97 Å². The van der Waals surface area contributed by atoms with Crippen molar-refractivity contribution in [3.05, 3.63) is 0 Å². The highest BCUT2D eigenvalue weighted by molar-refractivity contribution is 5.76. The molecule has 0 aromatic heterocycles. The van der Waals surface area contributed by atoms with E-state index in [1.165, 1.54) is 0 Å². The monoisotopic (exact) mass is 175 g/mol. The van der Waals surface area contributed by atoms with Crippen LogP contribution in [0.1, 0.15) is 20.8 Å². The van der Waals surface area contributed by atoms with Crippen LogP contribution in [0.25, 0.3) is 0 Å². The molecule has 4 heteroatoms. The molecule has 0 aliphatic rings. The second kappa shape index (κ2) is 4.42. The molecule has 4 nitrogen and oxygen atoms in total. The van der Waals surface area contributed by atoms with Crippen LogP contribution in [-0.2, 0) is 9.53 Å². The van der Waals surface area contributed by atoms with Crippen molar-refractivity contribution in [2.24, 2.45) is 11.1 Å². The number of ether oxygens (including phenoxy) is 1. The minimum Gasteiger partial charge on any atom is -0.465 e. The first-order chi connectivity index (χ1) is 5.45.